The number of amides is 3. The fourth-order valence-electron chi connectivity index (χ4n) is 0.605. The van der Waals surface area contributed by atoms with E-state index in [9.17, 15) is 9.59 Å². The highest BCUT2D eigenvalue weighted by Crippen LogP contribution is 1.82. The van der Waals surface area contributed by atoms with Crippen molar-refractivity contribution in [3.63, 3.8) is 0 Å². The van der Waals surface area contributed by atoms with Gasteiger partial charge in [-0.1, -0.05) is 5.16 Å². The minimum Gasteiger partial charge on any atom is -0.379 e. The maximum atomic E-state index is 11.2. The SMILES string of the molecule is CCNC(=O)NC(=O)C(C#N)=NOCC#N. The Kier molecular flexibility index (Phi) is 6.50. The van der Waals surface area contributed by atoms with Crippen molar-refractivity contribution in [3.05, 3.63) is 0 Å². The van der Waals surface area contributed by atoms with Crippen LogP contribution in [0.3, 0.4) is 0 Å². The summed E-state index contributed by atoms with van der Waals surface area (Å²) in [5, 5.41) is 23.9. The maximum Gasteiger partial charge on any atom is 0.321 e. The molecule has 0 saturated heterocycles. The molecule has 0 aliphatic carbocycles. The molecule has 2 N–H and O–H groups in total. The number of nitrogens with zero attached hydrogens (tertiary/aromatic N) is 3. The summed E-state index contributed by atoms with van der Waals surface area (Å²) in [6, 6.07) is 2.29. The predicted octanol–water partition coefficient (Wildman–Crippen LogP) is -0.748. The zero-order valence-electron chi connectivity index (χ0n) is 8.48. The van der Waals surface area contributed by atoms with E-state index in [0.717, 1.165) is 0 Å². The van der Waals surface area contributed by atoms with Gasteiger partial charge in [-0.2, -0.15) is 10.5 Å². The van der Waals surface area contributed by atoms with Gasteiger partial charge in [0.15, 0.2) is 0 Å². The zero-order valence-corrected chi connectivity index (χ0v) is 8.48. The second kappa shape index (κ2) is 7.76. The zero-order chi connectivity index (χ0) is 12.4. The second-order valence-corrected chi connectivity index (χ2v) is 2.30. The minimum atomic E-state index is -0.994. The molecule has 0 spiro atoms. The van der Waals surface area contributed by atoms with Crippen LogP contribution in [-0.4, -0.2) is 30.8 Å². The molecule has 0 rings (SSSR count). The molecule has 0 aliphatic heterocycles. The van der Waals surface area contributed by atoms with Gasteiger partial charge in [0.1, 0.15) is 12.1 Å². The van der Waals surface area contributed by atoms with Gasteiger partial charge in [-0.3, -0.25) is 10.1 Å². The third kappa shape index (κ3) is 5.19. The van der Waals surface area contributed by atoms with Crippen LogP contribution in [0.15, 0.2) is 5.16 Å². The average molecular weight is 223 g/mol. The van der Waals surface area contributed by atoms with Gasteiger partial charge in [0.2, 0.25) is 12.3 Å². The summed E-state index contributed by atoms with van der Waals surface area (Å²) in [5.41, 5.74) is -0.637. The molecular formula is C8H9N5O3. The number of carbonyl (C=O) groups excluding carboxylic acids is 2. The van der Waals surface area contributed by atoms with Gasteiger partial charge < -0.3 is 10.2 Å². The Morgan fingerprint density at radius 1 is 1.44 bits per heavy atom. The van der Waals surface area contributed by atoms with Crippen molar-refractivity contribution in [2.24, 2.45) is 5.16 Å². The van der Waals surface area contributed by atoms with Crippen molar-refractivity contribution in [1.29, 1.82) is 10.5 Å². The molecule has 8 nitrogen and oxygen atoms in total. The lowest BCUT2D eigenvalue weighted by atomic mass is 10.4. The lowest BCUT2D eigenvalue weighted by molar-refractivity contribution is -0.113. The lowest BCUT2D eigenvalue weighted by Crippen LogP contribution is -2.42. The Morgan fingerprint density at radius 2 is 2.12 bits per heavy atom. The van der Waals surface area contributed by atoms with Crippen molar-refractivity contribution in [2.75, 3.05) is 13.2 Å². The van der Waals surface area contributed by atoms with Crippen molar-refractivity contribution in [3.8, 4) is 12.1 Å². The third-order valence-corrected chi connectivity index (χ3v) is 1.17. The van der Waals surface area contributed by atoms with Gasteiger partial charge in [0.25, 0.3) is 5.91 Å². The van der Waals surface area contributed by atoms with Gasteiger partial charge in [0, 0.05) is 6.54 Å². The predicted molar refractivity (Wildman–Crippen MR) is 51.8 cm³/mol. The van der Waals surface area contributed by atoms with E-state index in [4.69, 9.17) is 10.5 Å². The van der Waals surface area contributed by atoms with E-state index in [1.807, 2.05) is 5.32 Å². The van der Waals surface area contributed by atoms with Gasteiger partial charge in [-0.15, -0.1) is 0 Å². The number of imide groups is 1. The molecule has 84 valence electrons. The van der Waals surface area contributed by atoms with Crippen LogP contribution in [0.4, 0.5) is 4.79 Å². The minimum absolute atomic E-state index is 0.336. The number of nitriles is 2. The lowest BCUT2D eigenvalue weighted by Gasteiger charge is -2.02. The topological polar surface area (TPSA) is 127 Å². The Bertz CT molecular complexity index is 376. The summed E-state index contributed by atoms with van der Waals surface area (Å²) in [6.45, 7) is 1.61. The first-order chi connectivity index (χ1) is 7.65. The van der Waals surface area contributed by atoms with E-state index in [0.29, 0.717) is 6.54 Å². The highest BCUT2D eigenvalue weighted by atomic mass is 16.6. The summed E-state index contributed by atoms with van der Waals surface area (Å²) in [5.74, 6) is -0.994. The molecule has 0 aromatic heterocycles. The second-order valence-electron chi connectivity index (χ2n) is 2.30. The smallest absolute Gasteiger partial charge is 0.321 e. The molecule has 0 saturated carbocycles. The van der Waals surface area contributed by atoms with E-state index in [2.05, 4.69) is 15.3 Å². The van der Waals surface area contributed by atoms with Crippen LogP contribution < -0.4 is 10.6 Å². The standard InChI is InChI=1S/C8H9N5O3/c1-2-11-8(15)12-7(14)6(5-10)13-16-4-3-9/h2,4H2,1H3,(H2,11,12,14,15). The number of oxime groups is 1. The largest absolute Gasteiger partial charge is 0.379 e. The van der Waals surface area contributed by atoms with Crippen LogP contribution in [0.25, 0.3) is 0 Å². The monoisotopic (exact) mass is 223 g/mol. The van der Waals surface area contributed by atoms with E-state index in [1.54, 1.807) is 13.0 Å². The van der Waals surface area contributed by atoms with Crippen LogP contribution in [0, 0.1) is 22.7 Å². The molecule has 0 radical (unpaired) electrons. The Balaban J connectivity index is 4.34. The highest BCUT2D eigenvalue weighted by Gasteiger charge is 2.14. The maximum absolute atomic E-state index is 11.2. The number of hydrogen-bond donors (Lipinski definition) is 2. The number of urea groups is 1. The van der Waals surface area contributed by atoms with E-state index in [1.165, 1.54) is 6.07 Å². The van der Waals surface area contributed by atoms with E-state index in [-0.39, 0.29) is 6.61 Å². The third-order valence-electron chi connectivity index (χ3n) is 1.17. The number of hydrogen-bond acceptors (Lipinski definition) is 6. The van der Waals surface area contributed by atoms with E-state index < -0.39 is 17.6 Å². The molecule has 0 aromatic rings. The summed E-state index contributed by atoms with van der Waals surface area (Å²) in [6.07, 6.45) is 0. The van der Waals surface area contributed by atoms with Gasteiger partial charge in [-0.25, -0.2) is 4.79 Å². The normalized spacial score (nSPS) is 9.56. The number of carbonyl (C=O) groups is 2. The Morgan fingerprint density at radius 3 is 2.62 bits per heavy atom. The summed E-state index contributed by atoms with van der Waals surface area (Å²) < 4.78 is 0. The fraction of sp³-hybridized carbons (Fsp3) is 0.375. The molecular weight excluding hydrogens is 214 g/mol. The molecule has 0 unspecified atom stereocenters. The molecule has 0 bridgehead atoms. The first kappa shape index (κ1) is 13.4. The summed E-state index contributed by atoms with van der Waals surface area (Å²) in [4.78, 5) is 26.4. The highest BCUT2D eigenvalue weighted by molar-refractivity contribution is 6.46. The summed E-state index contributed by atoms with van der Waals surface area (Å²) in [7, 11) is 0. The van der Waals surface area contributed by atoms with Crippen LogP contribution in [0.5, 0.6) is 0 Å². The van der Waals surface area contributed by atoms with E-state index >= 15 is 0 Å². The van der Waals surface area contributed by atoms with Crippen molar-refractivity contribution in [2.45, 2.75) is 6.92 Å². The van der Waals surface area contributed by atoms with Gasteiger partial charge in [-0.05, 0) is 6.92 Å². The average Bonchev–Trinajstić information content (AvgIpc) is 2.24. The first-order valence-corrected chi connectivity index (χ1v) is 4.21. The molecule has 0 atom stereocenters. The Hall–Kier alpha value is -2.61. The molecule has 3 amide bonds. The molecule has 0 heterocycles. The summed E-state index contributed by atoms with van der Waals surface area (Å²) >= 11 is 0. The molecule has 0 aromatic carbocycles. The van der Waals surface area contributed by atoms with Crippen molar-refractivity contribution in [1.82, 2.24) is 10.6 Å². The van der Waals surface area contributed by atoms with Crippen LogP contribution in [0.1, 0.15) is 6.92 Å². The van der Waals surface area contributed by atoms with Crippen molar-refractivity contribution >= 4 is 17.6 Å². The Labute approximate surface area is 91.5 Å². The van der Waals surface area contributed by atoms with Crippen molar-refractivity contribution < 1.29 is 14.4 Å². The number of rotatable bonds is 4. The van der Waals surface area contributed by atoms with Crippen LogP contribution in [0.2, 0.25) is 0 Å². The number of nitrogens with one attached hydrogen (secondary N) is 2. The van der Waals surface area contributed by atoms with Gasteiger partial charge in [0.05, 0.1) is 0 Å². The first-order valence-electron chi connectivity index (χ1n) is 4.21. The molecule has 16 heavy (non-hydrogen) atoms. The molecule has 8 heteroatoms. The van der Waals surface area contributed by atoms with Crippen LogP contribution in [-0.2, 0) is 9.63 Å². The van der Waals surface area contributed by atoms with Crippen LogP contribution >= 0.6 is 0 Å². The fourth-order valence-corrected chi connectivity index (χ4v) is 0.605. The van der Waals surface area contributed by atoms with Gasteiger partial charge >= 0.3 is 6.03 Å². The quantitative estimate of drug-likeness (QED) is 0.368. The molecule has 0 fully saturated rings. The molecule has 0 aliphatic rings.